The first-order valence-electron chi connectivity index (χ1n) is 10.5. The van der Waals surface area contributed by atoms with Crippen molar-refractivity contribution in [3.8, 4) is 0 Å². The number of carbonyl (C=O) groups is 1. The Morgan fingerprint density at radius 3 is 2.40 bits per heavy atom. The SMILES string of the molecule is Cc1cccc(N2CCN(S(=O)(=O)c3ccc4c(c3)[C@@H](C(C)C)C(=O)N4)CC2)c1C. The summed E-state index contributed by atoms with van der Waals surface area (Å²) in [4.78, 5) is 14.8. The van der Waals surface area contributed by atoms with Crippen LogP contribution in [-0.2, 0) is 14.8 Å². The van der Waals surface area contributed by atoms with Gasteiger partial charge in [-0.15, -0.1) is 0 Å². The van der Waals surface area contributed by atoms with E-state index in [4.69, 9.17) is 0 Å². The number of benzene rings is 2. The minimum Gasteiger partial charge on any atom is -0.369 e. The van der Waals surface area contributed by atoms with Crippen molar-refractivity contribution in [1.82, 2.24) is 4.31 Å². The molecule has 2 aliphatic heterocycles. The lowest BCUT2D eigenvalue weighted by Gasteiger charge is -2.36. The Morgan fingerprint density at radius 1 is 1.03 bits per heavy atom. The highest BCUT2D eigenvalue weighted by Crippen LogP contribution is 2.39. The molecule has 0 bridgehead atoms. The van der Waals surface area contributed by atoms with E-state index in [9.17, 15) is 13.2 Å². The first-order valence-corrected chi connectivity index (χ1v) is 11.9. The molecule has 2 aromatic rings. The second kappa shape index (κ2) is 7.71. The van der Waals surface area contributed by atoms with E-state index in [0.29, 0.717) is 26.2 Å². The number of hydrogen-bond acceptors (Lipinski definition) is 4. The summed E-state index contributed by atoms with van der Waals surface area (Å²) in [5.41, 5.74) is 5.16. The quantitative estimate of drug-likeness (QED) is 0.811. The highest BCUT2D eigenvalue weighted by molar-refractivity contribution is 7.89. The van der Waals surface area contributed by atoms with Crippen molar-refractivity contribution in [2.45, 2.75) is 38.5 Å². The van der Waals surface area contributed by atoms with E-state index in [-0.39, 0.29) is 22.6 Å². The van der Waals surface area contributed by atoms with Crippen LogP contribution in [0.15, 0.2) is 41.3 Å². The van der Waals surface area contributed by atoms with Crippen molar-refractivity contribution < 1.29 is 13.2 Å². The Morgan fingerprint density at radius 2 is 1.73 bits per heavy atom. The fourth-order valence-corrected chi connectivity index (χ4v) is 5.94. The molecule has 7 heteroatoms. The van der Waals surface area contributed by atoms with Crippen molar-refractivity contribution >= 4 is 27.3 Å². The van der Waals surface area contributed by atoms with Crippen molar-refractivity contribution in [1.29, 1.82) is 0 Å². The van der Waals surface area contributed by atoms with Gasteiger partial charge in [0.05, 0.1) is 10.8 Å². The minimum atomic E-state index is -3.61. The standard InChI is InChI=1S/C23H29N3O3S/c1-15(2)22-19-14-18(8-9-20(19)24-23(22)27)30(28,29)26-12-10-25(11-13-26)21-7-5-6-16(3)17(21)4/h5-9,14-15,22H,10-13H2,1-4H3,(H,24,27)/t22-/m1/s1. The van der Waals surface area contributed by atoms with E-state index >= 15 is 0 Å². The van der Waals surface area contributed by atoms with Gasteiger partial charge in [0.1, 0.15) is 0 Å². The van der Waals surface area contributed by atoms with Crippen LogP contribution in [-0.4, -0.2) is 44.8 Å². The van der Waals surface area contributed by atoms with E-state index < -0.39 is 10.0 Å². The van der Waals surface area contributed by atoms with E-state index in [0.717, 1.165) is 11.3 Å². The smallest absolute Gasteiger partial charge is 0.243 e. The van der Waals surface area contributed by atoms with Gasteiger partial charge in [0.25, 0.3) is 0 Å². The van der Waals surface area contributed by atoms with Crippen LogP contribution in [0.3, 0.4) is 0 Å². The normalized spacial score (nSPS) is 19.8. The van der Waals surface area contributed by atoms with Crippen LogP contribution < -0.4 is 10.2 Å². The number of aryl methyl sites for hydroxylation is 1. The molecule has 30 heavy (non-hydrogen) atoms. The van der Waals surface area contributed by atoms with Crippen molar-refractivity contribution in [3.05, 3.63) is 53.1 Å². The van der Waals surface area contributed by atoms with E-state index in [1.54, 1.807) is 22.5 Å². The van der Waals surface area contributed by atoms with Gasteiger partial charge < -0.3 is 10.2 Å². The maximum Gasteiger partial charge on any atom is 0.243 e. The van der Waals surface area contributed by atoms with Gasteiger partial charge in [0.2, 0.25) is 15.9 Å². The highest BCUT2D eigenvalue weighted by Gasteiger charge is 2.35. The van der Waals surface area contributed by atoms with Crippen LogP contribution in [0.2, 0.25) is 0 Å². The molecule has 0 unspecified atom stereocenters. The lowest BCUT2D eigenvalue weighted by atomic mass is 9.90. The van der Waals surface area contributed by atoms with Gasteiger partial charge in [-0.05, 0) is 60.7 Å². The van der Waals surface area contributed by atoms with Gasteiger partial charge in [-0.3, -0.25) is 4.79 Å². The van der Waals surface area contributed by atoms with Crippen molar-refractivity contribution in [2.24, 2.45) is 5.92 Å². The summed E-state index contributed by atoms with van der Waals surface area (Å²) in [5.74, 6) is -0.265. The topological polar surface area (TPSA) is 69.7 Å². The summed E-state index contributed by atoms with van der Waals surface area (Å²) in [6, 6.07) is 11.2. The molecule has 0 radical (unpaired) electrons. The maximum absolute atomic E-state index is 13.3. The number of piperazine rings is 1. The van der Waals surface area contributed by atoms with Crippen LogP contribution in [0, 0.1) is 19.8 Å². The average molecular weight is 428 g/mol. The van der Waals surface area contributed by atoms with Crippen LogP contribution >= 0.6 is 0 Å². The molecule has 0 spiro atoms. The number of amides is 1. The summed E-state index contributed by atoms with van der Waals surface area (Å²) in [6.45, 7) is 10.4. The minimum absolute atomic E-state index is 0.0586. The summed E-state index contributed by atoms with van der Waals surface area (Å²) in [5, 5.41) is 2.87. The monoisotopic (exact) mass is 427 g/mol. The second-order valence-electron chi connectivity index (χ2n) is 8.57. The summed E-state index contributed by atoms with van der Waals surface area (Å²) >= 11 is 0. The lowest BCUT2D eigenvalue weighted by molar-refractivity contribution is -0.117. The molecule has 6 nitrogen and oxygen atoms in total. The van der Waals surface area contributed by atoms with Gasteiger partial charge in [-0.2, -0.15) is 4.31 Å². The molecule has 1 saturated heterocycles. The molecule has 1 fully saturated rings. The number of anilines is 2. The largest absolute Gasteiger partial charge is 0.369 e. The Labute approximate surface area is 178 Å². The summed E-state index contributed by atoms with van der Waals surface area (Å²) < 4.78 is 28.2. The Hall–Kier alpha value is -2.38. The zero-order chi connectivity index (χ0) is 21.6. The van der Waals surface area contributed by atoms with Crippen LogP contribution in [0.1, 0.15) is 36.5 Å². The fourth-order valence-electron chi connectivity index (χ4n) is 4.48. The molecule has 2 heterocycles. The molecule has 1 N–H and O–H groups in total. The Kier molecular flexibility index (Phi) is 5.36. The molecule has 4 rings (SSSR count). The van der Waals surface area contributed by atoms with Gasteiger partial charge in [0.15, 0.2) is 0 Å². The molecule has 0 saturated carbocycles. The van der Waals surface area contributed by atoms with E-state index in [1.807, 2.05) is 19.9 Å². The molecular weight excluding hydrogens is 398 g/mol. The van der Waals surface area contributed by atoms with Crippen LogP contribution in [0.5, 0.6) is 0 Å². The number of fused-ring (bicyclic) bond motifs is 1. The average Bonchev–Trinajstić information content (AvgIpc) is 3.05. The third kappa shape index (κ3) is 3.50. The summed E-state index contributed by atoms with van der Waals surface area (Å²) in [6.07, 6.45) is 0. The Bertz CT molecular complexity index is 1090. The highest BCUT2D eigenvalue weighted by atomic mass is 32.2. The van der Waals surface area contributed by atoms with Gasteiger partial charge in [-0.25, -0.2) is 8.42 Å². The van der Waals surface area contributed by atoms with Crippen molar-refractivity contribution in [2.75, 3.05) is 36.4 Å². The predicted octanol–water partition coefficient (Wildman–Crippen LogP) is 3.51. The Balaban J connectivity index is 1.55. The number of carbonyl (C=O) groups excluding carboxylic acids is 1. The summed E-state index contributed by atoms with van der Waals surface area (Å²) in [7, 11) is -3.61. The predicted molar refractivity (Wildman–Crippen MR) is 120 cm³/mol. The van der Waals surface area contributed by atoms with E-state index in [2.05, 4.69) is 36.2 Å². The first kappa shape index (κ1) is 20.9. The van der Waals surface area contributed by atoms with Crippen molar-refractivity contribution in [3.63, 3.8) is 0 Å². The molecule has 1 atom stereocenters. The van der Waals surface area contributed by atoms with Crippen LogP contribution in [0.25, 0.3) is 0 Å². The van der Waals surface area contributed by atoms with E-state index in [1.165, 1.54) is 16.8 Å². The fraction of sp³-hybridized carbons (Fsp3) is 0.435. The lowest BCUT2D eigenvalue weighted by Crippen LogP contribution is -2.48. The molecule has 160 valence electrons. The van der Waals surface area contributed by atoms with Gasteiger partial charge >= 0.3 is 0 Å². The van der Waals surface area contributed by atoms with Gasteiger partial charge in [-0.1, -0.05) is 26.0 Å². The maximum atomic E-state index is 13.3. The zero-order valence-electron chi connectivity index (χ0n) is 18.0. The third-order valence-electron chi connectivity index (χ3n) is 6.36. The number of nitrogens with one attached hydrogen (secondary N) is 1. The molecule has 0 aliphatic carbocycles. The number of sulfonamides is 1. The van der Waals surface area contributed by atoms with Crippen LogP contribution in [0.4, 0.5) is 11.4 Å². The molecule has 1 amide bonds. The molecule has 2 aliphatic rings. The molecule has 0 aromatic heterocycles. The third-order valence-corrected chi connectivity index (χ3v) is 8.25. The molecule has 2 aromatic carbocycles. The number of hydrogen-bond donors (Lipinski definition) is 1. The second-order valence-corrected chi connectivity index (χ2v) is 10.5. The molecular formula is C23H29N3O3S. The zero-order valence-corrected chi connectivity index (χ0v) is 18.8. The van der Waals surface area contributed by atoms with Gasteiger partial charge in [0, 0.05) is 37.6 Å². The number of nitrogens with zero attached hydrogens (tertiary/aromatic N) is 2. The number of rotatable bonds is 4. The first-order chi connectivity index (χ1) is 14.2.